The Morgan fingerprint density at radius 2 is 2.26 bits per heavy atom. The number of carbonyl (C=O) groups excluding carboxylic acids is 1. The third-order valence-corrected chi connectivity index (χ3v) is 4.32. The third-order valence-electron chi connectivity index (χ3n) is 4.32. The summed E-state index contributed by atoms with van der Waals surface area (Å²) in [5.41, 5.74) is 1.01. The quantitative estimate of drug-likeness (QED) is 0.754. The first-order valence-corrected chi connectivity index (χ1v) is 8.53. The Hall–Kier alpha value is -1.75. The van der Waals surface area contributed by atoms with Crippen molar-refractivity contribution < 1.29 is 14.6 Å². The van der Waals surface area contributed by atoms with Crippen molar-refractivity contribution in [3.05, 3.63) is 29.8 Å². The summed E-state index contributed by atoms with van der Waals surface area (Å²) in [6.45, 7) is 5.15. The first kappa shape index (κ1) is 17.6. The molecule has 1 aliphatic carbocycles. The lowest BCUT2D eigenvalue weighted by molar-refractivity contribution is 0.101. The number of ether oxygens (including phenoxy) is 1. The highest BCUT2D eigenvalue weighted by molar-refractivity contribution is 5.74. The average Bonchev–Trinajstić information content (AvgIpc) is 2.53. The van der Waals surface area contributed by atoms with E-state index in [1.807, 2.05) is 38.1 Å². The average molecular weight is 320 g/mol. The number of aliphatic hydroxyl groups excluding tert-OH is 1. The van der Waals surface area contributed by atoms with Gasteiger partial charge >= 0.3 is 6.03 Å². The molecule has 2 rings (SSSR count). The molecule has 0 heterocycles. The fourth-order valence-corrected chi connectivity index (χ4v) is 3.06. The maximum Gasteiger partial charge on any atom is 0.315 e. The van der Waals surface area contributed by atoms with Crippen LogP contribution in [0.4, 0.5) is 4.79 Å². The van der Waals surface area contributed by atoms with Gasteiger partial charge in [-0.25, -0.2) is 4.79 Å². The number of benzene rings is 1. The van der Waals surface area contributed by atoms with Crippen molar-refractivity contribution >= 4 is 6.03 Å². The molecule has 128 valence electrons. The van der Waals surface area contributed by atoms with E-state index in [1.165, 1.54) is 0 Å². The monoisotopic (exact) mass is 320 g/mol. The van der Waals surface area contributed by atoms with Crippen LogP contribution in [0.25, 0.3) is 0 Å². The molecular formula is C18H28N2O3. The van der Waals surface area contributed by atoms with Crippen LogP contribution in [-0.2, 0) is 0 Å². The van der Waals surface area contributed by atoms with Crippen LogP contribution in [-0.4, -0.2) is 30.4 Å². The fourth-order valence-electron chi connectivity index (χ4n) is 3.06. The van der Waals surface area contributed by atoms with Crippen LogP contribution >= 0.6 is 0 Å². The topological polar surface area (TPSA) is 70.6 Å². The molecule has 0 radical (unpaired) electrons. The van der Waals surface area contributed by atoms with Crippen molar-refractivity contribution in [2.75, 3.05) is 13.2 Å². The predicted molar refractivity (Wildman–Crippen MR) is 90.5 cm³/mol. The summed E-state index contributed by atoms with van der Waals surface area (Å²) in [7, 11) is 0. The van der Waals surface area contributed by atoms with E-state index in [0.29, 0.717) is 19.1 Å². The van der Waals surface area contributed by atoms with Crippen LogP contribution in [0, 0.1) is 5.92 Å². The van der Waals surface area contributed by atoms with Gasteiger partial charge in [-0.05, 0) is 56.7 Å². The minimum absolute atomic E-state index is 0.0904. The van der Waals surface area contributed by atoms with E-state index in [-0.39, 0.29) is 18.2 Å². The molecule has 1 saturated carbocycles. The second-order valence-corrected chi connectivity index (χ2v) is 6.27. The van der Waals surface area contributed by atoms with E-state index in [0.717, 1.165) is 37.0 Å². The maximum absolute atomic E-state index is 12.0. The molecule has 0 saturated heterocycles. The second kappa shape index (κ2) is 8.77. The number of hydrogen-bond donors (Lipinski definition) is 3. The molecule has 1 aliphatic rings. The zero-order chi connectivity index (χ0) is 16.7. The van der Waals surface area contributed by atoms with Gasteiger partial charge in [0.15, 0.2) is 0 Å². The van der Waals surface area contributed by atoms with Gasteiger partial charge < -0.3 is 20.5 Å². The number of amides is 2. The highest BCUT2D eigenvalue weighted by Gasteiger charge is 2.20. The summed E-state index contributed by atoms with van der Waals surface area (Å²) < 4.78 is 5.49. The smallest absolute Gasteiger partial charge is 0.315 e. The third kappa shape index (κ3) is 5.75. The molecule has 0 aliphatic heterocycles. The molecule has 0 bridgehead atoms. The van der Waals surface area contributed by atoms with Crippen LogP contribution < -0.4 is 15.4 Å². The van der Waals surface area contributed by atoms with Crippen LogP contribution in [0.5, 0.6) is 5.75 Å². The standard InChI is InChI=1S/C18H28N2O3/c1-3-23-17-9-5-7-15(11-17)13(2)20-18(22)19-12-14-6-4-8-16(21)10-14/h5,7,9,11,13-14,16,21H,3-4,6,8,10,12H2,1-2H3,(H2,19,20,22). The van der Waals surface area contributed by atoms with Crippen molar-refractivity contribution in [2.45, 2.75) is 51.7 Å². The van der Waals surface area contributed by atoms with Crippen molar-refractivity contribution in [1.82, 2.24) is 10.6 Å². The number of nitrogens with one attached hydrogen (secondary N) is 2. The Morgan fingerprint density at radius 1 is 1.43 bits per heavy atom. The Morgan fingerprint density at radius 3 is 3.00 bits per heavy atom. The summed E-state index contributed by atoms with van der Waals surface area (Å²) >= 11 is 0. The Kier molecular flexibility index (Phi) is 6.71. The van der Waals surface area contributed by atoms with Crippen molar-refractivity contribution in [1.29, 1.82) is 0 Å². The van der Waals surface area contributed by atoms with Crippen LogP contribution in [0.15, 0.2) is 24.3 Å². The molecule has 5 heteroatoms. The van der Waals surface area contributed by atoms with Crippen LogP contribution in [0.2, 0.25) is 0 Å². The van der Waals surface area contributed by atoms with E-state index < -0.39 is 0 Å². The van der Waals surface area contributed by atoms with E-state index in [2.05, 4.69) is 10.6 Å². The summed E-state index contributed by atoms with van der Waals surface area (Å²) in [5, 5.41) is 15.5. The van der Waals surface area contributed by atoms with Gasteiger partial charge in [-0.2, -0.15) is 0 Å². The van der Waals surface area contributed by atoms with Gasteiger partial charge in [0.05, 0.1) is 18.8 Å². The SMILES string of the molecule is CCOc1cccc(C(C)NC(=O)NCC2CCCC(O)C2)c1. The molecule has 0 spiro atoms. The van der Waals surface area contributed by atoms with Crippen LogP contribution in [0.1, 0.15) is 51.1 Å². The minimum Gasteiger partial charge on any atom is -0.494 e. The zero-order valence-electron chi connectivity index (χ0n) is 14.0. The number of aliphatic hydroxyl groups is 1. The molecule has 2 amide bonds. The molecule has 0 aromatic heterocycles. The molecule has 23 heavy (non-hydrogen) atoms. The van der Waals surface area contributed by atoms with Gasteiger partial charge in [-0.1, -0.05) is 18.6 Å². The first-order valence-electron chi connectivity index (χ1n) is 8.53. The molecule has 5 nitrogen and oxygen atoms in total. The zero-order valence-corrected chi connectivity index (χ0v) is 14.0. The van der Waals surface area contributed by atoms with Crippen molar-refractivity contribution in [3.8, 4) is 5.75 Å². The first-order chi connectivity index (χ1) is 11.1. The maximum atomic E-state index is 12.0. The molecule has 3 unspecified atom stereocenters. The highest BCUT2D eigenvalue weighted by Crippen LogP contribution is 2.23. The Bertz CT molecular complexity index is 507. The van der Waals surface area contributed by atoms with E-state index in [4.69, 9.17) is 4.74 Å². The van der Waals surface area contributed by atoms with Crippen molar-refractivity contribution in [2.24, 2.45) is 5.92 Å². The van der Waals surface area contributed by atoms with Crippen LogP contribution in [0.3, 0.4) is 0 Å². The normalized spacial score (nSPS) is 22.2. The molecule has 1 aromatic rings. The molecule has 3 atom stereocenters. The summed E-state index contributed by atoms with van der Waals surface area (Å²) in [6.07, 6.45) is 3.57. The largest absolute Gasteiger partial charge is 0.494 e. The fraction of sp³-hybridized carbons (Fsp3) is 0.611. The number of rotatable bonds is 6. The summed E-state index contributed by atoms with van der Waals surface area (Å²) in [6, 6.07) is 7.51. The Labute approximate surface area is 138 Å². The Balaban J connectivity index is 1.78. The van der Waals surface area contributed by atoms with E-state index in [1.54, 1.807) is 0 Å². The van der Waals surface area contributed by atoms with E-state index in [9.17, 15) is 9.90 Å². The van der Waals surface area contributed by atoms with Gasteiger partial charge in [0.1, 0.15) is 5.75 Å². The van der Waals surface area contributed by atoms with Crippen molar-refractivity contribution in [3.63, 3.8) is 0 Å². The van der Waals surface area contributed by atoms with E-state index >= 15 is 0 Å². The second-order valence-electron chi connectivity index (χ2n) is 6.27. The number of carbonyl (C=O) groups is 1. The van der Waals surface area contributed by atoms with Gasteiger partial charge in [0.2, 0.25) is 0 Å². The lowest BCUT2D eigenvalue weighted by Gasteiger charge is -2.26. The predicted octanol–water partition coefficient (Wildman–Crippen LogP) is 3.00. The summed E-state index contributed by atoms with van der Waals surface area (Å²) in [4.78, 5) is 12.0. The molecule has 1 aromatic carbocycles. The molecule has 1 fully saturated rings. The van der Waals surface area contributed by atoms with Gasteiger partial charge in [-0.15, -0.1) is 0 Å². The molecule has 3 N–H and O–H groups in total. The van der Waals surface area contributed by atoms with Gasteiger partial charge in [0.25, 0.3) is 0 Å². The lowest BCUT2D eigenvalue weighted by Crippen LogP contribution is -2.40. The number of hydrogen-bond acceptors (Lipinski definition) is 3. The lowest BCUT2D eigenvalue weighted by atomic mass is 9.87. The van der Waals surface area contributed by atoms with Gasteiger partial charge in [-0.3, -0.25) is 0 Å². The minimum atomic E-state index is -0.209. The van der Waals surface area contributed by atoms with Gasteiger partial charge in [0, 0.05) is 6.54 Å². The number of urea groups is 1. The summed E-state index contributed by atoms with van der Waals surface area (Å²) in [5.74, 6) is 1.19. The highest BCUT2D eigenvalue weighted by atomic mass is 16.5. The molecular weight excluding hydrogens is 292 g/mol.